The first-order valence-electron chi connectivity index (χ1n) is 31.3. The summed E-state index contributed by atoms with van der Waals surface area (Å²) in [5, 5.41) is 15.0. The van der Waals surface area contributed by atoms with Crippen LogP contribution in [0.1, 0.15) is 118 Å². The topological polar surface area (TPSA) is 18.7 Å². The van der Waals surface area contributed by atoms with Crippen molar-refractivity contribution in [3.8, 4) is 22.5 Å². The highest BCUT2D eigenvalue weighted by Crippen LogP contribution is 2.55. The molecule has 0 spiro atoms. The summed E-state index contributed by atoms with van der Waals surface area (Å²) in [6.45, 7) is 34.5. The second kappa shape index (κ2) is 18.1. The third-order valence-corrected chi connectivity index (χ3v) is 19.5. The van der Waals surface area contributed by atoms with Crippen LogP contribution in [0.2, 0.25) is 0 Å². The highest BCUT2D eigenvalue weighted by molar-refractivity contribution is 6.38. The van der Waals surface area contributed by atoms with E-state index in [4.69, 9.17) is 0 Å². The predicted octanol–water partition coefficient (Wildman–Crippen LogP) is 23.2. The van der Waals surface area contributed by atoms with Crippen LogP contribution in [0.15, 0.2) is 207 Å². The minimum atomic E-state index is -0.0151. The van der Waals surface area contributed by atoms with Crippen LogP contribution < -0.4 is 0 Å². The lowest BCUT2D eigenvalue weighted by Crippen LogP contribution is -2.10. The van der Waals surface area contributed by atoms with Crippen molar-refractivity contribution in [3.63, 3.8) is 0 Å². The van der Waals surface area contributed by atoms with Gasteiger partial charge in [0.25, 0.3) is 0 Å². The van der Waals surface area contributed by atoms with Gasteiger partial charge in [-0.05, 0) is 135 Å². The van der Waals surface area contributed by atoms with Crippen molar-refractivity contribution in [2.45, 2.75) is 112 Å². The van der Waals surface area contributed by atoms with Gasteiger partial charge in [0.15, 0.2) is 0 Å². The average Bonchev–Trinajstić information content (AvgIpc) is 1.50. The van der Waals surface area contributed by atoms with E-state index < -0.39 is 0 Å². The maximum absolute atomic E-state index is 4.41. The van der Waals surface area contributed by atoms with E-state index >= 15 is 0 Å². The molecule has 6 aromatic heterocycles. The molecule has 0 aliphatic carbocycles. The zero-order chi connectivity index (χ0) is 60.1. The number of aromatic nitrogens is 4. The molecule has 0 saturated carbocycles. The molecule has 4 nitrogen and oxygen atoms in total. The fraction of sp³-hybridized carbons (Fsp3) is 0.205. The van der Waals surface area contributed by atoms with Crippen LogP contribution in [0.5, 0.6) is 0 Å². The maximum Gasteiger partial charge on any atom is 0.0642 e. The minimum absolute atomic E-state index is 0.0151. The number of rotatable bonds is 6. The number of benzene rings is 10. The Morgan fingerprint density at radius 2 is 0.747 bits per heavy atom. The molecule has 87 heavy (non-hydrogen) atoms. The van der Waals surface area contributed by atoms with E-state index in [1.807, 2.05) is 6.08 Å². The van der Waals surface area contributed by atoms with E-state index in [0.717, 1.165) is 5.57 Å². The summed E-state index contributed by atoms with van der Waals surface area (Å²) in [5.74, 6) is 0. The van der Waals surface area contributed by atoms with E-state index in [0.29, 0.717) is 0 Å². The first-order valence-corrected chi connectivity index (χ1v) is 31.3. The molecule has 16 aromatic rings. The molecular formula is C83H74N4. The van der Waals surface area contributed by atoms with Gasteiger partial charge in [-0.1, -0.05) is 217 Å². The van der Waals surface area contributed by atoms with Crippen molar-refractivity contribution in [2.24, 2.45) is 0 Å². The summed E-state index contributed by atoms with van der Waals surface area (Å²) in [7, 11) is 0. The monoisotopic (exact) mass is 1130 g/mol. The number of hydrogen-bond acceptors (Lipinski definition) is 0. The van der Waals surface area contributed by atoms with Crippen molar-refractivity contribution in [1.82, 2.24) is 17.9 Å². The fourth-order valence-corrected chi connectivity index (χ4v) is 15.2. The largest absolute Gasteiger partial charge is 0.309 e. The van der Waals surface area contributed by atoms with Gasteiger partial charge in [0.2, 0.25) is 0 Å². The second-order valence-electron chi connectivity index (χ2n) is 28.9. The standard InChI is InChI=1S/C83H74N4/c1-15-24-48(25-16-2)70-74-56-36-42-68(84-64-38-32-50(80(3,4)5)44-58(64)59-45-51(81(6,7)8)33-39-65(59)84)72-55-29-21-23-31-63(55)87(76(56)72)79(74)71(49-26-18-17-19-27-49)75-57-37-43-69(73-54-28-20-22-30-62(54)86(77(57)73)78(70)75)85-66-40-34-52(82(9,10)11)46-60(66)61-47-53(83(12,13)14)35-41-67(61)85/h15-47H,1H2,2-14H3/b25-16-,48-24+. The van der Waals surface area contributed by atoms with Gasteiger partial charge in [0.05, 0.1) is 66.5 Å². The summed E-state index contributed by atoms with van der Waals surface area (Å²) in [6.07, 6.45) is 8.71. The quantitative estimate of drug-likeness (QED) is 0.148. The third kappa shape index (κ3) is 7.37. The average molecular weight is 1130 g/mol. The molecular weight excluding hydrogens is 1050 g/mol. The highest BCUT2D eigenvalue weighted by Gasteiger charge is 2.34. The van der Waals surface area contributed by atoms with Gasteiger partial charge in [0.1, 0.15) is 0 Å². The lowest BCUT2D eigenvalue weighted by atomic mass is 9.85. The molecule has 0 aliphatic rings. The van der Waals surface area contributed by atoms with Gasteiger partial charge >= 0.3 is 0 Å². The number of hydrogen-bond donors (Lipinski definition) is 0. The molecule has 0 unspecified atom stereocenters. The molecule has 6 heterocycles. The molecule has 0 fully saturated rings. The molecule has 10 aromatic carbocycles. The predicted molar refractivity (Wildman–Crippen MR) is 378 cm³/mol. The first kappa shape index (κ1) is 53.1. The van der Waals surface area contributed by atoms with Crippen molar-refractivity contribution < 1.29 is 0 Å². The molecule has 0 saturated heterocycles. The third-order valence-electron chi connectivity index (χ3n) is 19.5. The molecule has 426 valence electrons. The van der Waals surface area contributed by atoms with E-state index in [9.17, 15) is 0 Å². The van der Waals surface area contributed by atoms with Crippen molar-refractivity contribution in [3.05, 3.63) is 235 Å². The smallest absolute Gasteiger partial charge is 0.0642 e. The Bertz CT molecular complexity index is 5370. The van der Waals surface area contributed by atoms with Crippen molar-refractivity contribution in [1.29, 1.82) is 0 Å². The zero-order valence-corrected chi connectivity index (χ0v) is 52.5. The number of fused-ring (bicyclic) bond motifs is 18. The molecule has 0 radical (unpaired) electrons. The van der Waals surface area contributed by atoms with Crippen LogP contribution in [0.25, 0.3) is 148 Å². The number of nitrogens with zero attached hydrogens (tertiary/aromatic N) is 4. The Morgan fingerprint density at radius 1 is 0.356 bits per heavy atom. The van der Waals surface area contributed by atoms with Crippen molar-refractivity contribution >= 4 is 125 Å². The molecule has 0 bridgehead atoms. The summed E-state index contributed by atoms with van der Waals surface area (Å²) < 4.78 is 10.5. The fourth-order valence-electron chi connectivity index (χ4n) is 15.2. The Hall–Kier alpha value is -9.38. The molecule has 16 rings (SSSR count). The van der Waals surface area contributed by atoms with Crippen LogP contribution >= 0.6 is 0 Å². The lowest BCUT2D eigenvalue weighted by molar-refractivity contribution is 0.590. The maximum atomic E-state index is 4.41. The Morgan fingerprint density at radius 3 is 1.15 bits per heavy atom. The summed E-state index contributed by atoms with van der Waals surface area (Å²) in [6, 6.07) is 68.2. The summed E-state index contributed by atoms with van der Waals surface area (Å²) >= 11 is 0. The Balaban J connectivity index is 1.11. The number of para-hydroxylation sites is 2. The Kier molecular flexibility index (Phi) is 11.0. The van der Waals surface area contributed by atoms with Gasteiger partial charge in [-0.2, -0.15) is 0 Å². The van der Waals surface area contributed by atoms with Crippen LogP contribution in [-0.2, 0) is 21.7 Å². The van der Waals surface area contributed by atoms with Gasteiger partial charge in [-0.15, -0.1) is 0 Å². The zero-order valence-electron chi connectivity index (χ0n) is 52.5. The van der Waals surface area contributed by atoms with Crippen LogP contribution in [0.3, 0.4) is 0 Å². The number of allylic oxidation sites excluding steroid dienone is 5. The van der Waals surface area contributed by atoms with Gasteiger partial charge in [-0.25, -0.2) is 0 Å². The SMILES string of the molecule is C=C/C=C(\C=C/C)c1c2c3ccc(-n4c5ccc(C(C)(C)C)cc5c5cc(C(C)(C)C)ccc54)c4c5ccccc5n(c2c(-c2ccccc2)c2c5ccc(-n6c7ccc(C(C)(C)C)cc7c7cc(C(C)(C)C)ccc76)c6c7ccccc7n(c12)c56)c34. The normalized spacial score (nSPS) is 13.6. The summed E-state index contributed by atoms with van der Waals surface area (Å²) in [4.78, 5) is 0. The Labute approximate surface area is 509 Å². The van der Waals surface area contributed by atoms with Gasteiger partial charge in [0, 0.05) is 75.8 Å². The molecule has 0 N–H and O–H groups in total. The van der Waals surface area contributed by atoms with Gasteiger partial charge in [-0.3, -0.25) is 0 Å². The van der Waals surface area contributed by atoms with E-state index in [1.54, 1.807) is 0 Å². The van der Waals surface area contributed by atoms with Gasteiger partial charge < -0.3 is 17.9 Å². The summed E-state index contributed by atoms with van der Waals surface area (Å²) in [5.41, 5.74) is 24.4. The van der Waals surface area contributed by atoms with E-state index in [-0.39, 0.29) is 21.7 Å². The first-order chi connectivity index (χ1) is 41.7. The van der Waals surface area contributed by atoms with Crippen LogP contribution in [0.4, 0.5) is 0 Å². The molecule has 0 amide bonds. The van der Waals surface area contributed by atoms with E-state index in [2.05, 4.69) is 309 Å². The molecule has 4 heteroatoms. The van der Waals surface area contributed by atoms with Crippen LogP contribution in [0, 0.1) is 0 Å². The van der Waals surface area contributed by atoms with E-state index in [1.165, 1.54) is 170 Å². The molecule has 0 atom stereocenters. The minimum Gasteiger partial charge on any atom is -0.309 e. The second-order valence-corrected chi connectivity index (χ2v) is 28.9. The van der Waals surface area contributed by atoms with Crippen LogP contribution in [-0.4, -0.2) is 17.9 Å². The lowest BCUT2D eigenvalue weighted by Gasteiger charge is -2.19. The molecule has 0 aliphatic heterocycles. The highest BCUT2D eigenvalue weighted by atomic mass is 15.0. The van der Waals surface area contributed by atoms with Crippen molar-refractivity contribution in [2.75, 3.05) is 0 Å².